The van der Waals surface area contributed by atoms with Gasteiger partial charge in [0.05, 0.1) is 11.4 Å². The molecule has 12 rings (SSSR count). The van der Waals surface area contributed by atoms with E-state index >= 15 is 0 Å². The first-order chi connectivity index (χ1) is 27.7. The van der Waals surface area contributed by atoms with Crippen LogP contribution in [-0.4, -0.2) is 0 Å². The largest absolute Gasteiger partial charge is 0.455 e. The Morgan fingerprint density at radius 3 is 1.68 bits per heavy atom. The first kappa shape index (κ1) is 31.2. The summed E-state index contributed by atoms with van der Waals surface area (Å²) in [5.41, 5.74) is 11.4. The number of fused-ring (bicyclic) bond motifs is 11. The molecule has 0 aliphatic carbocycles. The van der Waals surface area contributed by atoms with E-state index in [9.17, 15) is 0 Å². The quantitative estimate of drug-likeness (QED) is 0.176. The summed E-state index contributed by atoms with van der Waals surface area (Å²) in [5, 5.41) is 9.21. The number of benzene rings is 9. The highest BCUT2D eigenvalue weighted by Gasteiger charge is 2.24. The average Bonchev–Trinajstić information content (AvgIpc) is 3.96. The number of hydrogen-bond acceptors (Lipinski definition) is 4. The van der Waals surface area contributed by atoms with Crippen molar-refractivity contribution in [2.45, 2.75) is 0 Å². The topological polar surface area (TPSA) is 29.5 Å². The van der Waals surface area contributed by atoms with Crippen LogP contribution in [0.15, 0.2) is 197 Å². The molecule has 262 valence electrons. The molecule has 3 aromatic heterocycles. The van der Waals surface area contributed by atoms with Crippen molar-refractivity contribution in [2.75, 3.05) is 4.90 Å². The Labute approximate surface area is 325 Å². The summed E-state index contributed by atoms with van der Waals surface area (Å²) in [7, 11) is 0. The second-order valence-corrected chi connectivity index (χ2v) is 15.5. The molecular weight excluding hydrogens is 703 g/mol. The van der Waals surface area contributed by atoms with Gasteiger partial charge in [0.2, 0.25) is 0 Å². The molecule has 0 spiro atoms. The van der Waals surface area contributed by atoms with Crippen molar-refractivity contribution in [3.05, 3.63) is 188 Å². The van der Waals surface area contributed by atoms with Crippen LogP contribution in [0.25, 0.3) is 97.1 Å². The van der Waals surface area contributed by atoms with Gasteiger partial charge in [0, 0.05) is 47.4 Å². The molecule has 0 saturated carbocycles. The van der Waals surface area contributed by atoms with Gasteiger partial charge in [-0.25, -0.2) is 0 Å². The predicted molar refractivity (Wildman–Crippen MR) is 237 cm³/mol. The van der Waals surface area contributed by atoms with E-state index in [0.717, 1.165) is 77.3 Å². The van der Waals surface area contributed by atoms with Gasteiger partial charge in [-0.05, 0) is 99.8 Å². The fraction of sp³-hybridized carbons (Fsp3) is 0. The molecule has 0 aliphatic heterocycles. The zero-order chi connectivity index (χ0) is 36.7. The highest BCUT2D eigenvalue weighted by Crippen LogP contribution is 2.50. The van der Waals surface area contributed by atoms with Crippen LogP contribution in [0.3, 0.4) is 0 Å². The van der Waals surface area contributed by atoms with E-state index in [2.05, 4.69) is 181 Å². The van der Waals surface area contributed by atoms with E-state index in [-0.39, 0.29) is 0 Å². The van der Waals surface area contributed by atoms with Gasteiger partial charge in [-0.3, -0.25) is 0 Å². The third-order valence-corrected chi connectivity index (χ3v) is 12.4. The van der Waals surface area contributed by atoms with Crippen LogP contribution in [0.5, 0.6) is 0 Å². The van der Waals surface area contributed by atoms with Crippen LogP contribution in [0.2, 0.25) is 0 Å². The highest BCUT2D eigenvalue weighted by atomic mass is 32.1. The van der Waals surface area contributed by atoms with E-state index < -0.39 is 0 Å². The summed E-state index contributed by atoms with van der Waals surface area (Å²) in [4.78, 5) is 2.37. The molecule has 0 radical (unpaired) electrons. The van der Waals surface area contributed by atoms with Crippen molar-refractivity contribution >= 4 is 103 Å². The van der Waals surface area contributed by atoms with Crippen LogP contribution in [-0.2, 0) is 0 Å². The number of thiophene rings is 1. The molecule has 0 unspecified atom stereocenters. The summed E-state index contributed by atoms with van der Waals surface area (Å²) in [5.74, 6) is 0. The molecule has 3 heterocycles. The van der Waals surface area contributed by atoms with Crippen LogP contribution in [0.1, 0.15) is 0 Å². The first-order valence-corrected chi connectivity index (χ1v) is 19.7. The van der Waals surface area contributed by atoms with Crippen LogP contribution in [0.4, 0.5) is 17.1 Å². The van der Waals surface area contributed by atoms with Gasteiger partial charge in [-0.1, -0.05) is 121 Å². The van der Waals surface area contributed by atoms with Crippen molar-refractivity contribution in [3.8, 4) is 22.3 Å². The van der Waals surface area contributed by atoms with Crippen molar-refractivity contribution in [1.29, 1.82) is 0 Å². The highest BCUT2D eigenvalue weighted by molar-refractivity contribution is 7.26. The SMILES string of the molecule is c1ccc(-c2ccc3ccc(-c4ccc(N(c5cccc6c5oc5ccccc56)c5cccc6sc7ccc8c9ccccc9oc8c7c56)cc4)cc3c2)cc1. The molecule has 0 bridgehead atoms. The van der Waals surface area contributed by atoms with Gasteiger partial charge in [0.25, 0.3) is 0 Å². The third-order valence-electron chi connectivity index (χ3n) is 11.3. The Morgan fingerprint density at radius 2 is 0.929 bits per heavy atom. The lowest BCUT2D eigenvalue weighted by Crippen LogP contribution is -2.10. The van der Waals surface area contributed by atoms with E-state index in [1.165, 1.54) is 36.9 Å². The van der Waals surface area contributed by atoms with E-state index in [0.29, 0.717) is 0 Å². The van der Waals surface area contributed by atoms with E-state index in [1.807, 2.05) is 12.1 Å². The van der Waals surface area contributed by atoms with Gasteiger partial charge in [-0.2, -0.15) is 0 Å². The summed E-state index contributed by atoms with van der Waals surface area (Å²) in [6.07, 6.45) is 0. The summed E-state index contributed by atoms with van der Waals surface area (Å²) < 4.78 is 15.8. The second kappa shape index (κ2) is 12.2. The molecule has 0 saturated heterocycles. The number of nitrogens with zero attached hydrogens (tertiary/aromatic N) is 1. The molecule has 0 atom stereocenters. The van der Waals surface area contributed by atoms with Gasteiger partial charge < -0.3 is 13.7 Å². The molecule has 3 nitrogen and oxygen atoms in total. The maximum Gasteiger partial charge on any atom is 0.159 e. The lowest BCUT2D eigenvalue weighted by atomic mass is 9.97. The van der Waals surface area contributed by atoms with Crippen molar-refractivity contribution in [3.63, 3.8) is 0 Å². The second-order valence-electron chi connectivity index (χ2n) is 14.4. The maximum absolute atomic E-state index is 6.72. The van der Waals surface area contributed by atoms with E-state index in [4.69, 9.17) is 8.83 Å². The summed E-state index contributed by atoms with van der Waals surface area (Å²) in [6.45, 7) is 0. The molecule has 0 amide bonds. The maximum atomic E-state index is 6.72. The number of rotatable bonds is 5. The molecule has 4 heteroatoms. The van der Waals surface area contributed by atoms with Crippen LogP contribution in [0, 0.1) is 0 Å². The summed E-state index contributed by atoms with van der Waals surface area (Å²) in [6, 6.07) is 67.2. The number of para-hydroxylation sites is 3. The zero-order valence-electron chi connectivity index (χ0n) is 30.1. The van der Waals surface area contributed by atoms with Gasteiger partial charge in [-0.15, -0.1) is 11.3 Å². The lowest BCUT2D eigenvalue weighted by molar-refractivity contribution is 0.669. The molecule has 9 aromatic carbocycles. The molecule has 0 fully saturated rings. The van der Waals surface area contributed by atoms with Crippen LogP contribution < -0.4 is 4.90 Å². The van der Waals surface area contributed by atoms with Gasteiger partial charge in [0.1, 0.15) is 16.7 Å². The average molecular weight is 734 g/mol. The standard InChI is InChI=1S/C52H31NO2S/c1-2-10-32(11-3-1)35-22-20-34-21-23-36(31-37(34)30-35)33-24-26-38(27-25-33)53(44-16-8-14-41-39-12-4-6-17-45(39)54-51(41)44)43-15-9-19-47-49(43)50-48(56-47)29-28-42-40-13-5-7-18-46(40)55-52(42)50/h1-31H. The van der Waals surface area contributed by atoms with Crippen molar-refractivity contribution in [1.82, 2.24) is 0 Å². The Balaban J connectivity index is 1.07. The monoisotopic (exact) mass is 733 g/mol. The smallest absolute Gasteiger partial charge is 0.159 e. The Kier molecular flexibility index (Phi) is 6.80. The number of furan rings is 2. The van der Waals surface area contributed by atoms with E-state index in [1.54, 1.807) is 11.3 Å². The third kappa shape index (κ3) is 4.76. The van der Waals surface area contributed by atoms with Gasteiger partial charge >= 0.3 is 0 Å². The normalized spacial score (nSPS) is 11.9. The first-order valence-electron chi connectivity index (χ1n) is 18.9. The fourth-order valence-corrected chi connectivity index (χ4v) is 9.73. The summed E-state index contributed by atoms with van der Waals surface area (Å²) >= 11 is 1.81. The number of hydrogen-bond donors (Lipinski definition) is 0. The van der Waals surface area contributed by atoms with Gasteiger partial charge in [0.15, 0.2) is 5.58 Å². The molecule has 12 aromatic rings. The Hall–Kier alpha value is -7.14. The molecule has 0 aliphatic rings. The predicted octanol–water partition coefficient (Wildman–Crippen LogP) is 15.8. The minimum Gasteiger partial charge on any atom is -0.455 e. The Morgan fingerprint density at radius 1 is 0.357 bits per heavy atom. The minimum absolute atomic E-state index is 0.854. The molecular formula is C52H31NO2S. The minimum atomic E-state index is 0.854. The molecule has 0 N–H and O–H groups in total. The Bertz CT molecular complexity index is 3480. The fourth-order valence-electron chi connectivity index (χ4n) is 8.61. The zero-order valence-corrected chi connectivity index (χ0v) is 30.9. The van der Waals surface area contributed by atoms with Crippen molar-refractivity contribution in [2.24, 2.45) is 0 Å². The molecule has 56 heavy (non-hydrogen) atoms. The van der Waals surface area contributed by atoms with Crippen LogP contribution >= 0.6 is 11.3 Å². The van der Waals surface area contributed by atoms with Crippen molar-refractivity contribution < 1.29 is 8.83 Å². The lowest BCUT2D eigenvalue weighted by Gasteiger charge is -2.26. The number of anilines is 3.